The van der Waals surface area contributed by atoms with Gasteiger partial charge in [-0.15, -0.1) is 0 Å². The molecule has 0 aliphatic carbocycles. The molecular weight excluding hydrogens is 265 g/mol. The second-order valence-electron chi connectivity index (χ2n) is 5.59. The van der Waals surface area contributed by atoms with Gasteiger partial charge in [-0.1, -0.05) is 13.0 Å². The summed E-state index contributed by atoms with van der Waals surface area (Å²) < 4.78 is 15.3. The van der Waals surface area contributed by atoms with E-state index in [-0.39, 0.29) is 11.9 Å². The van der Waals surface area contributed by atoms with Crippen molar-refractivity contribution in [2.24, 2.45) is 0 Å². The summed E-state index contributed by atoms with van der Waals surface area (Å²) in [6.07, 6.45) is 3.90. The zero-order valence-electron chi connectivity index (χ0n) is 13.2. The van der Waals surface area contributed by atoms with Gasteiger partial charge in [0.05, 0.1) is 5.69 Å². The number of nitrogens with zero attached hydrogens (tertiary/aromatic N) is 2. The van der Waals surface area contributed by atoms with Crippen LogP contribution >= 0.6 is 0 Å². The molecule has 21 heavy (non-hydrogen) atoms. The molecule has 0 fully saturated rings. The van der Waals surface area contributed by atoms with Crippen molar-refractivity contribution >= 4 is 0 Å². The fourth-order valence-electron chi connectivity index (χ4n) is 2.53. The third kappa shape index (κ3) is 3.70. The predicted molar refractivity (Wildman–Crippen MR) is 83.9 cm³/mol. The highest BCUT2D eigenvalue weighted by molar-refractivity contribution is 5.30. The summed E-state index contributed by atoms with van der Waals surface area (Å²) in [5, 5.41) is 7.95. The van der Waals surface area contributed by atoms with Crippen LogP contribution in [0.2, 0.25) is 0 Å². The predicted octanol–water partition coefficient (Wildman–Crippen LogP) is 3.80. The van der Waals surface area contributed by atoms with Crippen LogP contribution in [0.15, 0.2) is 30.5 Å². The summed E-state index contributed by atoms with van der Waals surface area (Å²) >= 11 is 0. The molecule has 0 amide bonds. The van der Waals surface area contributed by atoms with Crippen LogP contribution in [-0.4, -0.2) is 16.8 Å². The first-order chi connectivity index (χ1) is 10.0. The third-order valence-electron chi connectivity index (χ3n) is 4.07. The molecule has 0 spiro atoms. The highest BCUT2D eigenvalue weighted by atomic mass is 19.1. The molecule has 0 saturated heterocycles. The summed E-state index contributed by atoms with van der Waals surface area (Å²) in [7, 11) is 1.93. The average molecular weight is 289 g/mol. The zero-order chi connectivity index (χ0) is 15.4. The van der Waals surface area contributed by atoms with Crippen molar-refractivity contribution in [3.8, 4) is 0 Å². The lowest BCUT2D eigenvalue weighted by molar-refractivity contribution is 0.469. The first-order valence-electron chi connectivity index (χ1n) is 7.52. The van der Waals surface area contributed by atoms with E-state index in [0.29, 0.717) is 6.04 Å². The Bertz CT molecular complexity index is 591. The molecule has 2 rings (SSSR count). The Labute approximate surface area is 126 Å². The fourth-order valence-corrected chi connectivity index (χ4v) is 2.53. The second kappa shape index (κ2) is 6.85. The second-order valence-corrected chi connectivity index (χ2v) is 5.59. The molecule has 0 saturated carbocycles. The molecule has 2 unspecified atom stereocenters. The lowest BCUT2D eigenvalue weighted by Crippen LogP contribution is -2.20. The van der Waals surface area contributed by atoms with Crippen LogP contribution in [0.3, 0.4) is 0 Å². The smallest absolute Gasteiger partial charge is 0.123 e. The first kappa shape index (κ1) is 15.7. The molecular formula is C17H24FN3. The standard InChI is InChI=1S/C17H24FN3/c1-5-13(3)21-9-8-15(20-21)11-17(19-4)16-7-6-14(18)10-12(16)2/h6-10,13,17,19H,5,11H2,1-4H3. The quantitative estimate of drug-likeness (QED) is 0.876. The normalized spacial score (nSPS) is 14.1. The van der Waals surface area contributed by atoms with E-state index >= 15 is 0 Å². The molecule has 2 atom stereocenters. The summed E-state index contributed by atoms with van der Waals surface area (Å²) in [5.41, 5.74) is 3.14. The van der Waals surface area contributed by atoms with Gasteiger partial charge in [-0.3, -0.25) is 4.68 Å². The highest BCUT2D eigenvalue weighted by Crippen LogP contribution is 2.22. The Morgan fingerprint density at radius 2 is 2.10 bits per heavy atom. The van der Waals surface area contributed by atoms with E-state index in [0.717, 1.165) is 29.7 Å². The number of aromatic nitrogens is 2. The van der Waals surface area contributed by atoms with Gasteiger partial charge in [-0.25, -0.2) is 4.39 Å². The van der Waals surface area contributed by atoms with E-state index < -0.39 is 0 Å². The zero-order valence-corrected chi connectivity index (χ0v) is 13.2. The topological polar surface area (TPSA) is 29.9 Å². The molecule has 1 heterocycles. The van der Waals surface area contributed by atoms with Gasteiger partial charge >= 0.3 is 0 Å². The number of nitrogens with one attached hydrogen (secondary N) is 1. The van der Waals surface area contributed by atoms with Gasteiger partial charge in [0, 0.05) is 24.7 Å². The number of likely N-dealkylation sites (N-methyl/N-ethyl adjacent to an activating group) is 1. The van der Waals surface area contributed by atoms with Crippen molar-refractivity contribution in [3.05, 3.63) is 53.1 Å². The lowest BCUT2D eigenvalue weighted by Gasteiger charge is -2.18. The van der Waals surface area contributed by atoms with E-state index in [9.17, 15) is 4.39 Å². The van der Waals surface area contributed by atoms with Crippen LogP contribution in [0, 0.1) is 12.7 Å². The number of hydrogen-bond acceptors (Lipinski definition) is 2. The SMILES string of the molecule is CCC(C)n1ccc(CC(NC)c2ccc(F)cc2C)n1. The maximum Gasteiger partial charge on any atom is 0.123 e. The van der Waals surface area contributed by atoms with Gasteiger partial charge in [0.15, 0.2) is 0 Å². The molecule has 0 radical (unpaired) electrons. The maximum absolute atomic E-state index is 13.2. The van der Waals surface area contributed by atoms with Crippen molar-refractivity contribution in [2.75, 3.05) is 7.05 Å². The van der Waals surface area contributed by atoms with Crippen LogP contribution in [0.1, 0.15) is 49.2 Å². The van der Waals surface area contributed by atoms with Crippen molar-refractivity contribution in [2.45, 2.75) is 45.7 Å². The summed E-state index contributed by atoms with van der Waals surface area (Å²) in [5.74, 6) is -0.188. The summed E-state index contributed by atoms with van der Waals surface area (Å²) in [6.45, 7) is 6.27. The fraction of sp³-hybridized carbons (Fsp3) is 0.471. The van der Waals surface area contributed by atoms with Crippen molar-refractivity contribution in [1.29, 1.82) is 0 Å². The van der Waals surface area contributed by atoms with E-state index in [2.05, 4.69) is 30.3 Å². The Balaban J connectivity index is 2.17. The van der Waals surface area contributed by atoms with Crippen LogP contribution < -0.4 is 5.32 Å². The molecule has 0 aliphatic rings. The average Bonchev–Trinajstić information content (AvgIpc) is 2.93. The van der Waals surface area contributed by atoms with Crippen LogP contribution in [0.5, 0.6) is 0 Å². The minimum absolute atomic E-state index is 0.144. The van der Waals surface area contributed by atoms with Crippen LogP contribution in [-0.2, 0) is 6.42 Å². The molecule has 2 aromatic rings. The number of hydrogen-bond donors (Lipinski definition) is 1. The van der Waals surface area contributed by atoms with Gasteiger partial charge in [-0.05, 0) is 56.6 Å². The monoisotopic (exact) mass is 289 g/mol. The van der Waals surface area contributed by atoms with E-state index in [4.69, 9.17) is 0 Å². The van der Waals surface area contributed by atoms with Crippen molar-refractivity contribution < 1.29 is 4.39 Å². The Kier molecular flexibility index (Phi) is 5.12. The molecule has 0 aliphatic heterocycles. The summed E-state index contributed by atoms with van der Waals surface area (Å²) in [4.78, 5) is 0. The maximum atomic E-state index is 13.2. The third-order valence-corrected chi connectivity index (χ3v) is 4.07. The van der Waals surface area contributed by atoms with Crippen molar-refractivity contribution in [3.63, 3.8) is 0 Å². The summed E-state index contributed by atoms with van der Waals surface area (Å²) in [6, 6.07) is 7.58. The Morgan fingerprint density at radius 3 is 2.71 bits per heavy atom. The van der Waals surface area contributed by atoms with Crippen LogP contribution in [0.25, 0.3) is 0 Å². The van der Waals surface area contributed by atoms with Crippen molar-refractivity contribution in [1.82, 2.24) is 15.1 Å². The Morgan fingerprint density at radius 1 is 1.33 bits per heavy atom. The minimum atomic E-state index is -0.188. The van der Waals surface area contributed by atoms with Gasteiger partial charge < -0.3 is 5.32 Å². The van der Waals surface area contributed by atoms with E-state index in [1.165, 1.54) is 6.07 Å². The molecule has 3 nitrogen and oxygen atoms in total. The largest absolute Gasteiger partial charge is 0.313 e. The highest BCUT2D eigenvalue weighted by Gasteiger charge is 2.15. The van der Waals surface area contributed by atoms with E-state index in [1.54, 1.807) is 6.07 Å². The van der Waals surface area contributed by atoms with Gasteiger partial charge in [0.1, 0.15) is 5.82 Å². The number of halogens is 1. The van der Waals surface area contributed by atoms with Gasteiger partial charge in [-0.2, -0.15) is 5.10 Å². The molecule has 1 N–H and O–H groups in total. The first-order valence-corrected chi connectivity index (χ1v) is 7.52. The van der Waals surface area contributed by atoms with Crippen LogP contribution in [0.4, 0.5) is 4.39 Å². The molecule has 114 valence electrons. The number of rotatable bonds is 6. The number of aryl methyl sites for hydroxylation is 1. The molecule has 1 aromatic heterocycles. The minimum Gasteiger partial charge on any atom is -0.313 e. The van der Waals surface area contributed by atoms with Gasteiger partial charge in [0.2, 0.25) is 0 Å². The molecule has 4 heteroatoms. The Hall–Kier alpha value is -1.68. The molecule has 1 aromatic carbocycles. The lowest BCUT2D eigenvalue weighted by atomic mass is 9.97. The number of benzene rings is 1. The molecule has 0 bridgehead atoms. The van der Waals surface area contributed by atoms with Gasteiger partial charge in [0.25, 0.3) is 0 Å². The van der Waals surface area contributed by atoms with E-state index in [1.807, 2.05) is 30.9 Å².